The van der Waals surface area contributed by atoms with Gasteiger partial charge in [0.25, 0.3) is 0 Å². The average molecular weight is 562 g/mol. The molecule has 4 aromatic carbocycles. The molecule has 0 aliphatic carbocycles. The van der Waals surface area contributed by atoms with Crippen molar-refractivity contribution in [3.63, 3.8) is 0 Å². The van der Waals surface area contributed by atoms with Crippen molar-refractivity contribution in [3.05, 3.63) is 120 Å². The first-order valence-corrected chi connectivity index (χ1v) is 13.2. The molecule has 0 amide bonds. The second kappa shape index (κ2) is 24.2. The van der Waals surface area contributed by atoms with Crippen LogP contribution >= 0.6 is 23.5 Å². The van der Waals surface area contributed by atoms with Gasteiger partial charge in [0.05, 0.1) is 13.2 Å². The van der Waals surface area contributed by atoms with Gasteiger partial charge in [-0.2, -0.15) is 77.6 Å². The molecule has 0 bridgehead atoms. The summed E-state index contributed by atoms with van der Waals surface area (Å²) in [6.07, 6.45) is 2.35. The van der Waals surface area contributed by atoms with Gasteiger partial charge in [-0.1, -0.05) is 6.42 Å². The van der Waals surface area contributed by atoms with Gasteiger partial charge >= 0.3 is 0 Å². The van der Waals surface area contributed by atoms with Gasteiger partial charge in [-0.3, -0.25) is 0 Å². The third-order valence-corrected chi connectivity index (χ3v) is 6.28. The van der Waals surface area contributed by atoms with Crippen molar-refractivity contribution < 1.29 is 38.9 Å². The van der Waals surface area contributed by atoms with Crippen LogP contribution in [0.5, 0.6) is 0 Å². The minimum absolute atomic E-state index is 0. The van der Waals surface area contributed by atoms with Crippen LogP contribution in [0.25, 0.3) is 0 Å². The predicted octanol–water partition coefficient (Wildman–Crippen LogP) is 7.20. The first-order valence-electron chi connectivity index (χ1n) is 10.9. The van der Waals surface area contributed by atoms with E-state index in [4.69, 9.17) is 4.74 Å². The number of ether oxygens (including phenoxy) is 1. The Bertz CT molecular complexity index is 676. The Morgan fingerprint density at radius 2 is 1.09 bits per heavy atom. The Balaban J connectivity index is 0.000000701. The van der Waals surface area contributed by atoms with Gasteiger partial charge in [0.15, 0.2) is 0 Å². The summed E-state index contributed by atoms with van der Waals surface area (Å²) < 4.78 is 5.67. The molecule has 4 aromatic rings. The van der Waals surface area contributed by atoms with Crippen LogP contribution in [0.2, 0.25) is 0 Å². The topological polar surface area (TPSA) is 9.23 Å². The third kappa shape index (κ3) is 19.1. The minimum Gasteiger partial charge on any atom is -0.748 e. The van der Waals surface area contributed by atoms with E-state index in [1.807, 2.05) is 84.2 Å². The van der Waals surface area contributed by atoms with Gasteiger partial charge in [-0.05, 0) is 11.5 Å². The van der Waals surface area contributed by atoms with Gasteiger partial charge in [-0.25, -0.2) is 42.8 Å². The van der Waals surface area contributed by atoms with E-state index in [2.05, 4.69) is 48.5 Å². The molecule has 0 atom stereocenters. The Morgan fingerprint density at radius 3 is 1.55 bits per heavy atom. The molecule has 0 aliphatic heterocycles. The second-order valence-electron chi connectivity index (χ2n) is 6.85. The fourth-order valence-corrected chi connectivity index (χ4v) is 4.36. The van der Waals surface area contributed by atoms with Crippen molar-refractivity contribution in [2.24, 2.45) is 0 Å². The van der Waals surface area contributed by atoms with Gasteiger partial charge in [-0.15, -0.1) is 0 Å². The van der Waals surface area contributed by atoms with Crippen molar-refractivity contribution in [1.82, 2.24) is 0 Å². The molecule has 188 valence electrons. The summed E-state index contributed by atoms with van der Waals surface area (Å²) in [6.45, 7) is 1.77. The van der Waals surface area contributed by atoms with Crippen molar-refractivity contribution in [2.75, 3.05) is 36.2 Å². The van der Waals surface area contributed by atoms with E-state index in [-0.39, 0.29) is 34.1 Å². The van der Waals surface area contributed by atoms with Gasteiger partial charge in [0.2, 0.25) is 0 Å². The van der Waals surface area contributed by atoms with Crippen LogP contribution in [0.3, 0.4) is 0 Å². The van der Waals surface area contributed by atoms with Crippen LogP contribution in [0.1, 0.15) is 11.1 Å². The fourth-order valence-electron chi connectivity index (χ4n) is 2.72. The summed E-state index contributed by atoms with van der Waals surface area (Å²) in [5.74, 6) is 4.61. The van der Waals surface area contributed by atoms with Crippen LogP contribution < -0.4 is 0 Å². The normalized spacial score (nSPS) is 9.45. The summed E-state index contributed by atoms with van der Waals surface area (Å²) in [4.78, 5) is 0. The standard InChI is InChI=1S/C18H24OS2.2C5H5.2Fe/c1-2-6-17(5-1)9-13-20-15-11-19-12-16-21-14-10-18-7-3-4-8-18;2*1-2-4-5-3-1;;/h1-8H,9-16H2;2*1-5H;;/q-6;2*-1;;. The molecule has 0 unspecified atom stereocenters. The number of thioether (sulfide) groups is 2. The van der Waals surface area contributed by atoms with Gasteiger partial charge in [0.1, 0.15) is 0 Å². The zero-order valence-electron chi connectivity index (χ0n) is 19.0. The van der Waals surface area contributed by atoms with Crippen molar-refractivity contribution in [3.8, 4) is 0 Å². The number of hydrogen-bond acceptors (Lipinski definition) is 3. The summed E-state index contributed by atoms with van der Waals surface area (Å²) in [5, 5.41) is 0. The summed E-state index contributed by atoms with van der Waals surface area (Å²) in [6, 6.07) is 37.2. The largest absolute Gasteiger partial charge is 0.748 e. The maximum Gasteiger partial charge on any atom is 0.0557 e. The van der Waals surface area contributed by atoms with E-state index in [0.29, 0.717) is 0 Å². The Morgan fingerprint density at radius 1 is 0.606 bits per heavy atom. The third-order valence-electron chi connectivity index (χ3n) is 4.39. The number of rotatable bonds is 12. The molecule has 0 fully saturated rings. The number of aryl methyl sites for hydroxylation is 2. The maximum atomic E-state index is 5.67. The first-order chi connectivity index (χ1) is 15.4. The van der Waals surface area contributed by atoms with Crippen LogP contribution in [0.15, 0.2) is 109 Å². The Kier molecular flexibility index (Phi) is 23.6. The van der Waals surface area contributed by atoms with E-state index in [9.17, 15) is 0 Å². The summed E-state index contributed by atoms with van der Waals surface area (Å²) >= 11 is 3.97. The molecular weight excluding hydrogens is 528 g/mol. The summed E-state index contributed by atoms with van der Waals surface area (Å²) in [5.41, 5.74) is 2.90. The summed E-state index contributed by atoms with van der Waals surface area (Å²) in [7, 11) is 0. The van der Waals surface area contributed by atoms with E-state index >= 15 is 0 Å². The molecule has 0 heterocycles. The quantitative estimate of drug-likeness (QED) is 0.103. The van der Waals surface area contributed by atoms with E-state index in [1.54, 1.807) is 0 Å². The van der Waals surface area contributed by atoms with Crippen molar-refractivity contribution in [1.29, 1.82) is 0 Å². The molecule has 1 nitrogen and oxygen atoms in total. The molecule has 0 aromatic heterocycles. The molecule has 0 saturated carbocycles. The number of hydrogen-bond donors (Lipinski definition) is 0. The Hall–Kier alpha value is -0.901. The van der Waals surface area contributed by atoms with Crippen LogP contribution in [0, 0.1) is 0 Å². The first kappa shape index (κ1) is 32.1. The van der Waals surface area contributed by atoms with Crippen LogP contribution in [-0.2, 0) is 51.7 Å². The van der Waals surface area contributed by atoms with Crippen molar-refractivity contribution >= 4 is 23.5 Å². The fraction of sp³-hybridized carbons (Fsp3) is 0.286. The molecule has 0 radical (unpaired) electrons. The monoisotopic (exact) mass is 562 g/mol. The molecule has 4 rings (SSSR count). The molecule has 0 aliphatic rings. The molecular formula is C28H34Fe2OS2-8. The smallest absolute Gasteiger partial charge is 0.0557 e. The van der Waals surface area contributed by atoms with Crippen LogP contribution in [0.4, 0.5) is 0 Å². The van der Waals surface area contributed by atoms with Crippen LogP contribution in [-0.4, -0.2) is 36.2 Å². The second-order valence-corrected chi connectivity index (χ2v) is 9.30. The molecule has 0 saturated heterocycles. The van der Waals surface area contributed by atoms with E-state index < -0.39 is 0 Å². The minimum atomic E-state index is 0. The van der Waals surface area contributed by atoms with Crippen molar-refractivity contribution in [2.45, 2.75) is 12.8 Å². The van der Waals surface area contributed by atoms with E-state index in [1.165, 1.54) is 35.5 Å². The van der Waals surface area contributed by atoms with Gasteiger partial charge < -0.3 is 34.6 Å². The zero-order chi connectivity index (χ0) is 21.7. The zero-order valence-corrected chi connectivity index (χ0v) is 22.8. The molecule has 0 spiro atoms. The maximum absolute atomic E-state index is 5.67. The SMILES string of the molecule is [Fe].[Fe].c1cc[c-](CCSCCOCCSCC[c-]2[cH-][cH-][cH-][cH-]2)c1.c1cc[cH-]c1.c1cc[cH-]c1. The average Bonchev–Trinajstić information content (AvgIpc) is 3.63. The Labute approximate surface area is 230 Å². The molecule has 5 heteroatoms. The molecule has 33 heavy (non-hydrogen) atoms. The van der Waals surface area contributed by atoms with E-state index in [0.717, 1.165) is 24.7 Å². The predicted molar refractivity (Wildman–Crippen MR) is 141 cm³/mol. The molecule has 0 N–H and O–H groups in total. The van der Waals surface area contributed by atoms with Gasteiger partial charge in [0, 0.05) is 45.6 Å².